The summed E-state index contributed by atoms with van der Waals surface area (Å²) in [5.74, 6) is -2.48. The van der Waals surface area contributed by atoms with Crippen LogP contribution in [-0.4, -0.2) is 86.7 Å². The first-order chi connectivity index (χ1) is 18.7. The predicted octanol–water partition coefficient (Wildman–Crippen LogP) is 2.60. The summed E-state index contributed by atoms with van der Waals surface area (Å²) in [5.41, 5.74) is 3.09. The highest BCUT2D eigenvalue weighted by atomic mass is 32.2. The number of hydrogen-bond donors (Lipinski definition) is 5. The second kappa shape index (κ2) is 14.8. The Morgan fingerprint density at radius 3 is 2.41 bits per heavy atom. The summed E-state index contributed by atoms with van der Waals surface area (Å²) in [6.07, 6.45) is -5.03. The number of benzene rings is 2. The number of carbonyl (C=O) groups is 2. The first kappa shape index (κ1) is 31.1. The zero-order valence-corrected chi connectivity index (χ0v) is 23.2. The van der Waals surface area contributed by atoms with E-state index in [1.165, 1.54) is 6.92 Å². The minimum Gasteiger partial charge on any atom is -0.477 e. The van der Waals surface area contributed by atoms with Crippen molar-refractivity contribution in [2.75, 3.05) is 18.1 Å². The molecule has 0 spiro atoms. The summed E-state index contributed by atoms with van der Waals surface area (Å²) in [6, 6.07) is 16.7. The highest BCUT2D eigenvalue weighted by Gasteiger charge is 2.55. The standard InChI is InChI=1S/C29H39NO8S/c1-3-39-17-7-16-37-29(28(35)36)18-24(33)25(30-19(2)31)27(38-29)26(34)23(32)15-12-20-10-13-22(14-11-20)21-8-5-4-6-9-21/h4-6,8-11,13-14,23-27,32-34H,3,7,12,15-18H2,1-2H3,(H,30,31)(H,35,36)/t23-,24+,25-,26-,27-,29-/m1/s1. The van der Waals surface area contributed by atoms with Gasteiger partial charge in [-0.05, 0) is 47.5 Å². The summed E-state index contributed by atoms with van der Waals surface area (Å²) in [7, 11) is 0. The number of hydrogen-bond acceptors (Lipinski definition) is 8. The Labute approximate surface area is 233 Å². The van der Waals surface area contributed by atoms with Crippen molar-refractivity contribution in [2.24, 2.45) is 0 Å². The van der Waals surface area contributed by atoms with Gasteiger partial charge in [-0.2, -0.15) is 11.8 Å². The van der Waals surface area contributed by atoms with Gasteiger partial charge in [-0.25, -0.2) is 4.79 Å². The molecule has 9 nitrogen and oxygen atoms in total. The number of thioether (sulfide) groups is 1. The lowest BCUT2D eigenvalue weighted by molar-refractivity contribution is -0.310. The number of aliphatic hydroxyl groups is 3. The molecule has 6 atom stereocenters. The molecule has 5 N–H and O–H groups in total. The second-order valence-electron chi connectivity index (χ2n) is 9.70. The number of carbonyl (C=O) groups excluding carboxylic acids is 1. The summed E-state index contributed by atoms with van der Waals surface area (Å²) in [4.78, 5) is 24.1. The summed E-state index contributed by atoms with van der Waals surface area (Å²) in [6.45, 7) is 3.33. The molecule has 1 saturated heterocycles. The van der Waals surface area contributed by atoms with Crippen LogP contribution in [-0.2, 0) is 25.5 Å². The lowest BCUT2D eigenvalue weighted by Crippen LogP contribution is -2.67. The van der Waals surface area contributed by atoms with E-state index in [1.54, 1.807) is 11.8 Å². The van der Waals surface area contributed by atoms with E-state index in [0.29, 0.717) is 12.8 Å². The monoisotopic (exact) mass is 561 g/mol. The largest absolute Gasteiger partial charge is 0.477 e. The SMILES string of the molecule is CCSCCCO[C@]1(C(=O)O)C[C@H](O)[C@@H](NC(C)=O)[C@H]([C@H](O)[C@H](O)CCc2ccc(-c3ccccc3)cc2)O1. The van der Waals surface area contributed by atoms with Gasteiger partial charge in [0.15, 0.2) is 0 Å². The smallest absolute Gasteiger partial charge is 0.364 e. The van der Waals surface area contributed by atoms with E-state index in [0.717, 1.165) is 28.2 Å². The number of ether oxygens (including phenoxy) is 2. The molecule has 10 heteroatoms. The average Bonchev–Trinajstić information content (AvgIpc) is 2.93. The molecule has 214 valence electrons. The number of aryl methyl sites for hydroxylation is 1. The van der Waals surface area contributed by atoms with Gasteiger partial charge in [0.25, 0.3) is 5.79 Å². The molecule has 1 heterocycles. The van der Waals surface area contributed by atoms with Gasteiger partial charge < -0.3 is 35.2 Å². The number of aliphatic carboxylic acids is 1. The van der Waals surface area contributed by atoms with Gasteiger partial charge in [0.2, 0.25) is 5.91 Å². The van der Waals surface area contributed by atoms with Crippen LogP contribution >= 0.6 is 11.8 Å². The van der Waals surface area contributed by atoms with Crippen LogP contribution in [0.15, 0.2) is 54.6 Å². The van der Waals surface area contributed by atoms with Gasteiger partial charge in [-0.3, -0.25) is 4.79 Å². The topological polar surface area (TPSA) is 146 Å². The third-order valence-electron chi connectivity index (χ3n) is 6.76. The van der Waals surface area contributed by atoms with Gasteiger partial charge in [-0.1, -0.05) is 61.5 Å². The fourth-order valence-corrected chi connectivity index (χ4v) is 5.30. The molecule has 0 unspecified atom stereocenters. The molecule has 39 heavy (non-hydrogen) atoms. The molecular weight excluding hydrogens is 522 g/mol. The van der Waals surface area contributed by atoms with E-state index in [2.05, 4.69) is 5.32 Å². The first-order valence-corrected chi connectivity index (χ1v) is 14.4. The van der Waals surface area contributed by atoms with Crippen LogP contribution in [0, 0.1) is 0 Å². The Hall–Kier alpha value is -2.47. The molecule has 0 bridgehead atoms. The fraction of sp³-hybridized carbons (Fsp3) is 0.517. The van der Waals surface area contributed by atoms with E-state index >= 15 is 0 Å². The van der Waals surface area contributed by atoms with E-state index in [-0.39, 0.29) is 13.0 Å². The van der Waals surface area contributed by atoms with E-state index in [9.17, 15) is 30.0 Å². The van der Waals surface area contributed by atoms with Crippen LogP contribution in [0.3, 0.4) is 0 Å². The summed E-state index contributed by atoms with van der Waals surface area (Å²) < 4.78 is 11.5. The molecule has 0 aromatic heterocycles. The summed E-state index contributed by atoms with van der Waals surface area (Å²) >= 11 is 1.68. The lowest BCUT2D eigenvalue weighted by atomic mass is 9.87. The number of nitrogens with one attached hydrogen (secondary N) is 1. The average molecular weight is 562 g/mol. The maximum atomic E-state index is 12.3. The van der Waals surface area contributed by atoms with Crippen LogP contribution in [0.4, 0.5) is 0 Å². The molecule has 2 aromatic carbocycles. The molecule has 1 aliphatic heterocycles. The second-order valence-corrected chi connectivity index (χ2v) is 11.1. The molecule has 2 aromatic rings. The van der Waals surface area contributed by atoms with E-state index in [4.69, 9.17) is 9.47 Å². The van der Waals surface area contributed by atoms with Crippen molar-refractivity contribution in [1.29, 1.82) is 0 Å². The Morgan fingerprint density at radius 1 is 1.13 bits per heavy atom. The Bertz CT molecular complexity index is 1050. The quantitative estimate of drug-likeness (QED) is 0.220. The van der Waals surface area contributed by atoms with Gasteiger partial charge in [0.05, 0.1) is 24.9 Å². The van der Waals surface area contributed by atoms with Crippen molar-refractivity contribution in [3.8, 4) is 11.1 Å². The Balaban J connectivity index is 1.70. The zero-order valence-electron chi connectivity index (χ0n) is 22.4. The van der Waals surface area contributed by atoms with Gasteiger partial charge in [-0.15, -0.1) is 0 Å². The predicted molar refractivity (Wildman–Crippen MR) is 149 cm³/mol. The highest BCUT2D eigenvalue weighted by Crippen LogP contribution is 2.34. The number of carboxylic acids is 1. The maximum Gasteiger partial charge on any atom is 0.364 e. The van der Waals surface area contributed by atoms with Crippen molar-refractivity contribution in [3.05, 3.63) is 60.2 Å². The van der Waals surface area contributed by atoms with Crippen LogP contribution in [0.2, 0.25) is 0 Å². The Kier molecular flexibility index (Phi) is 11.8. The van der Waals surface area contributed by atoms with Gasteiger partial charge >= 0.3 is 5.97 Å². The molecule has 1 aliphatic rings. The van der Waals surface area contributed by atoms with Crippen molar-refractivity contribution >= 4 is 23.6 Å². The number of rotatable bonds is 14. The lowest BCUT2D eigenvalue weighted by Gasteiger charge is -2.46. The third kappa shape index (κ3) is 8.51. The van der Waals surface area contributed by atoms with Crippen molar-refractivity contribution in [1.82, 2.24) is 5.32 Å². The normalized spacial score (nSPS) is 24.6. The molecule has 0 radical (unpaired) electrons. The zero-order chi connectivity index (χ0) is 28.4. The third-order valence-corrected chi connectivity index (χ3v) is 7.75. The highest BCUT2D eigenvalue weighted by molar-refractivity contribution is 7.99. The van der Waals surface area contributed by atoms with Gasteiger partial charge in [0, 0.05) is 13.3 Å². The fourth-order valence-electron chi connectivity index (χ4n) is 4.69. The summed E-state index contributed by atoms with van der Waals surface area (Å²) in [5, 5.41) is 45.3. The molecular formula is C29H39NO8S. The van der Waals surface area contributed by atoms with E-state index < -0.39 is 54.5 Å². The molecule has 0 saturated carbocycles. The van der Waals surface area contributed by atoms with Crippen LogP contribution < -0.4 is 5.32 Å². The van der Waals surface area contributed by atoms with Crippen LogP contribution in [0.5, 0.6) is 0 Å². The molecule has 0 aliphatic carbocycles. The number of carboxylic acid groups (broad SMARTS) is 1. The Morgan fingerprint density at radius 2 is 1.79 bits per heavy atom. The number of aliphatic hydroxyl groups excluding tert-OH is 3. The molecule has 1 fully saturated rings. The van der Waals surface area contributed by atoms with Crippen LogP contribution in [0.1, 0.15) is 38.7 Å². The first-order valence-electron chi connectivity index (χ1n) is 13.3. The van der Waals surface area contributed by atoms with E-state index in [1.807, 2.05) is 61.5 Å². The van der Waals surface area contributed by atoms with Gasteiger partial charge in [0.1, 0.15) is 12.2 Å². The minimum absolute atomic E-state index is 0.0706. The molecule has 3 rings (SSSR count). The van der Waals surface area contributed by atoms with Crippen molar-refractivity contribution in [3.63, 3.8) is 0 Å². The van der Waals surface area contributed by atoms with Crippen molar-refractivity contribution in [2.45, 2.75) is 75.8 Å². The number of amides is 1. The minimum atomic E-state index is -2.22. The molecule has 1 amide bonds. The van der Waals surface area contributed by atoms with Crippen molar-refractivity contribution < 1.29 is 39.5 Å². The maximum absolute atomic E-state index is 12.3. The van der Waals surface area contributed by atoms with Crippen LogP contribution in [0.25, 0.3) is 11.1 Å².